The maximum atomic E-state index is 9.16. The number of methoxy groups -OCH3 is 1. The molecule has 104 valence electrons. The molecule has 0 saturated heterocycles. The van der Waals surface area contributed by atoms with Gasteiger partial charge in [0.1, 0.15) is 16.8 Å². The Kier molecular flexibility index (Phi) is 4.59. The van der Waals surface area contributed by atoms with E-state index in [4.69, 9.17) is 10.00 Å². The van der Waals surface area contributed by atoms with Crippen molar-refractivity contribution < 1.29 is 4.74 Å². The molecule has 1 atom stereocenters. The molecular weight excluding hydrogens is 270 g/mol. The van der Waals surface area contributed by atoms with Crippen LogP contribution >= 0.6 is 11.3 Å². The minimum Gasteiger partial charge on any atom is -0.497 e. The normalized spacial score (nSPS) is 11.7. The first kappa shape index (κ1) is 14.4. The zero-order chi connectivity index (χ0) is 14.5. The molecule has 0 aliphatic carbocycles. The second-order valence-electron chi connectivity index (χ2n) is 4.41. The summed E-state index contributed by atoms with van der Waals surface area (Å²) in [5.74, 6) is 0.729. The number of thiazole rings is 1. The number of hydrogen-bond donors (Lipinski definition) is 1. The van der Waals surface area contributed by atoms with Crippen LogP contribution in [0.3, 0.4) is 0 Å². The van der Waals surface area contributed by atoms with Crippen LogP contribution in [0.15, 0.2) is 24.4 Å². The Morgan fingerprint density at radius 1 is 1.50 bits per heavy atom. The molecule has 0 spiro atoms. The van der Waals surface area contributed by atoms with Crippen LogP contribution in [0.1, 0.15) is 35.3 Å². The van der Waals surface area contributed by atoms with Gasteiger partial charge >= 0.3 is 0 Å². The number of benzene rings is 1. The van der Waals surface area contributed by atoms with Gasteiger partial charge in [0.25, 0.3) is 0 Å². The monoisotopic (exact) mass is 287 g/mol. The number of nitrogens with zero attached hydrogens (tertiary/aromatic N) is 2. The Hall–Kier alpha value is -2.06. The third kappa shape index (κ3) is 3.09. The molecule has 0 radical (unpaired) electrons. The van der Waals surface area contributed by atoms with Crippen LogP contribution in [0.25, 0.3) is 0 Å². The second kappa shape index (κ2) is 6.40. The van der Waals surface area contributed by atoms with Gasteiger partial charge in [0.05, 0.1) is 24.4 Å². The van der Waals surface area contributed by atoms with Crippen LogP contribution in [0, 0.1) is 11.3 Å². The van der Waals surface area contributed by atoms with Crippen LogP contribution < -0.4 is 10.1 Å². The highest BCUT2D eigenvalue weighted by Gasteiger charge is 2.12. The van der Waals surface area contributed by atoms with Gasteiger partial charge in [-0.3, -0.25) is 0 Å². The van der Waals surface area contributed by atoms with E-state index >= 15 is 0 Å². The zero-order valence-electron chi connectivity index (χ0n) is 11.8. The van der Waals surface area contributed by atoms with Crippen molar-refractivity contribution in [2.75, 3.05) is 12.4 Å². The lowest BCUT2D eigenvalue weighted by Crippen LogP contribution is -2.07. The van der Waals surface area contributed by atoms with Gasteiger partial charge in [-0.2, -0.15) is 5.26 Å². The van der Waals surface area contributed by atoms with Gasteiger partial charge in [0, 0.05) is 17.1 Å². The Balaban J connectivity index is 2.22. The molecule has 1 N–H and O–H groups in total. The van der Waals surface area contributed by atoms with Gasteiger partial charge in [-0.05, 0) is 25.5 Å². The van der Waals surface area contributed by atoms with Crippen molar-refractivity contribution in [1.82, 2.24) is 4.98 Å². The number of aryl methyl sites for hydroxylation is 1. The van der Waals surface area contributed by atoms with Crippen molar-refractivity contribution in [3.63, 3.8) is 0 Å². The van der Waals surface area contributed by atoms with E-state index in [1.165, 1.54) is 4.88 Å². The largest absolute Gasteiger partial charge is 0.497 e. The average Bonchev–Trinajstić information content (AvgIpc) is 2.96. The number of aromatic nitrogens is 1. The lowest BCUT2D eigenvalue weighted by molar-refractivity contribution is 0.415. The molecule has 1 heterocycles. The highest BCUT2D eigenvalue weighted by atomic mass is 32.1. The smallest absolute Gasteiger partial charge is 0.121 e. The molecule has 1 aromatic heterocycles. The summed E-state index contributed by atoms with van der Waals surface area (Å²) in [4.78, 5) is 5.69. The molecular formula is C15H17N3OS. The summed E-state index contributed by atoms with van der Waals surface area (Å²) < 4.78 is 5.20. The first-order chi connectivity index (χ1) is 9.67. The lowest BCUT2D eigenvalue weighted by atomic mass is 10.1. The predicted octanol–water partition coefficient (Wildman–Crippen LogP) is 3.76. The topological polar surface area (TPSA) is 57.9 Å². The molecule has 0 amide bonds. The Bertz CT molecular complexity index is 630. The molecule has 5 heteroatoms. The molecule has 1 unspecified atom stereocenters. The number of rotatable bonds is 5. The number of ether oxygens (including phenoxy) is 1. The minimum absolute atomic E-state index is 0.0551. The fourth-order valence-electron chi connectivity index (χ4n) is 1.85. The Labute approximate surface area is 123 Å². The molecule has 1 aromatic carbocycles. The maximum Gasteiger partial charge on any atom is 0.121 e. The summed E-state index contributed by atoms with van der Waals surface area (Å²) in [6.07, 6.45) is 2.90. The number of hydrogen-bond acceptors (Lipinski definition) is 5. The minimum atomic E-state index is 0.0551. The molecule has 0 aliphatic heterocycles. The van der Waals surface area contributed by atoms with E-state index in [2.05, 4.69) is 23.3 Å². The van der Waals surface area contributed by atoms with E-state index in [9.17, 15) is 0 Å². The number of nitriles is 1. The molecule has 0 fully saturated rings. The first-order valence-electron chi connectivity index (χ1n) is 6.47. The molecule has 20 heavy (non-hydrogen) atoms. The molecule has 0 bridgehead atoms. The number of nitrogens with one attached hydrogen (secondary N) is 1. The standard InChI is InChI=1S/C15H17N3OS/c1-4-13-9-17-15(20-13)10(2)18-14-7-12(19-3)6-5-11(14)8-16/h5-7,9-10,18H,4H2,1-3H3. The molecule has 2 rings (SSSR count). The lowest BCUT2D eigenvalue weighted by Gasteiger charge is -2.14. The van der Waals surface area contributed by atoms with Gasteiger partial charge in [0.2, 0.25) is 0 Å². The summed E-state index contributed by atoms with van der Waals surface area (Å²) in [5.41, 5.74) is 1.37. The summed E-state index contributed by atoms with van der Waals surface area (Å²) >= 11 is 1.70. The SMILES string of the molecule is CCc1cnc(C(C)Nc2cc(OC)ccc2C#N)s1. The fraction of sp³-hybridized carbons (Fsp3) is 0.333. The van der Waals surface area contributed by atoms with Crippen LogP contribution in [0.5, 0.6) is 5.75 Å². The van der Waals surface area contributed by atoms with Crippen molar-refractivity contribution in [1.29, 1.82) is 5.26 Å². The number of anilines is 1. The molecule has 2 aromatic rings. The Morgan fingerprint density at radius 2 is 2.30 bits per heavy atom. The van der Waals surface area contributed by atoms with Crippen molar-refractivity contribution >= 4 is 17.0 Å². The quantitative estimate of drug-likeness (QED) is 0.909. The maximum absolute atomic E-state index is 9.16. The summed E-state index contributed by atoms with van der Waals surface area (Å²) in [7, 11) is 1.61. The van der Waals surface area contributed by atoms with Gasteiger partial charge in [-0.25, -0.2) is 4.98 Å². The van der Waals surface area contributed by atoms with E-state index < -0.39 is 0 Å². The van der Waals surface area contributed by atoms with Crippen LogP contribution in [-0.4, -0.2) is 12.1 Å². The summed E-state index contributed by atoms with van der Waals surface area (Å²) in [5, 5.41) is 13.5. The van der Waals surface area contributed by atoms with Gasteiger partial charge in [0.15, 0.2) is 0 Å². The van der Waals surface area contributed by atoms with Crippen LogP contribution in [0.2, 0.25) is 0 Å². The summed E-state index contributed by atoms with van der Waals surface area (Å²) in [6.45, 7) is 4.16. The van der Waals surface area contributed by atoms with E-state index in [1.807, 2.05) is 19.2 Å². The average molecular weight is 287 g/mol. The van der Waals surface area contributed by atoms with Gasteiger partial charge < -0.3 is 10.1 Å². The van der Waals surface area contributed by atoms with Gasteiger partial charge in [-0.15, -0.1) is 11.3 Å². The predicted molar refractivity (Wildman–Crippen MR) is 81.2 cm³/mol. The molecule has 0 aliphatic rings. The van der Waals surface area contributed by atoms with Crippen molar-refractivity contribution in [2.24, 2.45) is 0 Å². The van der Waals surface area contributed by atoms with E-state index in [1.54, 1.807) is 30.6 Å². The zero-order valence-corrected chi connectivity index (χ0v) is 12.6. The van der Waals surface area contributed by atoms with E-state index in [0.717, 1.165) is 22.9 Å². The second-order valence-corrected chi connectivity index (χ2v) is 5.55. The van der Waals surface area contributed by atoms with E-state index in [0.29, 0.717) is 5.56 Å². The first-order valence-corrected chi connectivity index (χ1v) is 7.28. The van der Waals surface area contributed by atoms with Crippen molar-refractivity contribution in [3.8, 4) is 11.8 Å². The highest BCUT2D eigenvalue weighted by molar-refractivity contribution is 7.11. The summed E-state index contributed by atoms with van der Waals surface area (Å²) in [6, 6.07) is 7.62. The van der Waals surface area contributed by atoms with E-state index in [-0.39, 0.29) is 6.04 Å². The molecule has 4 nitrogen and oxygen atoms in total. The highest BCUT2D eigenvalue weighted by Crippen LogP contribution is 2.28. The third-order valence-corrected chi connectivity index (χ3v) is 4.33. The van der Waals surface area contributed by atoms with Gasteiger partial charge in [-0.1, -0.05) is 6.92 Å². The fourth-order valence-corrected chi connectivity index (χ4v) is 2.71. The van der Waals surface area contributed by atoms with Crippen LogP contribution in [-0.2, 0) is 6.42 Å². The molecule has 0 saturated carbocycles. The van der Waals surface area contributed by atoms with Crippen molar-refractivity contribution in [2.45, 2.75) is 26.3 Å². The van der Waals surface area contributed by atoms with Crippen molar-refractivity contribution in [3.05, 3.63) is 39.8 Å². The third-order valence-electron chi connectivity index (χ3n) is 3.01. The van der Waals surface area contributed by atoms with Crippen LogP contribution in [0.4, 0.5) is 5.69 Å². The Morgan fingerprint density at radius 3 is 2.90 bits per heavy atom.